The van der Waals surface area contributed by atoms with Crippen LogP contribution < -0.4 is 5.73 Å². The van der Waals surface area contributed by atoms with E-state index in [-0.39, 0.29) is 18.5 Å². The Morgan fingerprint density at radius 2 is 2.33 bits per heavy atom. The summed E-state index contributed by atoms with van der Waals surface area (Å²) in [6.45, 7) is 1.27. The lowest BCUT2D eigenvalue weighted by atomic mass is 9.90. The molecule has 0 bridgehead atoms. The second-order valence-electron chi connectivity index (χ2n) is 4.21. The zero-order valence-electron chi connectivity index (χ0n) is 9.93. The molecule has 0 amide bonds. The number of ether oxygens (including phenoxy) is 1. The number of aromatic nitrogens is 2. The van der Waals surface area contributed by atoms with Crippen molar-refractivity contribution in [1.82, 2.24) is 10.2 Å². The van der Waals surface area contributed by atoms with Gasteiger partial charge in [0.05, 0.1) is 18.9 Å². The number of nitrogens with zero attached hydrogens (tertiary/aromatic N) is 1. The minimum absolute atomic E-state index is 0. The third-order valence-electron chi connectivity index (χ3n) is 3.25. The zero-order chi connectivity index (χ0) is 11.7. The highest BCUT2D eigenvalue weighted by atomic mass is 35.5. The third kappa shape index (κ3) is 2.14. The molecule has 0 saturated heterocycles. The molecule has 1 unspecified atom stereocenters. The predicted octanol–water partition coefficient (Wildman–Crippen LogP) is 2.07. The van der Waals surface area contributed by atoms with Crippen LogP contribution in [0.1, 0.15) is 17.2 Å². The van der Waals surface area contributed by atoms with Gasteiger partial charge in [-0.25, -0.2) is 0 Å². The molecule has 5 heteroatoms. The van der Waals surface area contributed by atoms with E-state index in [0.717, 1.165) is 18.6 Å². The maximum absolute atomic E-state index is 5.74. The maximum Gasteiger partial charge on any atom is 0.0950 e. The highest BCUT2D eigenvalue weighted by Crippen LogP contribution is 2.33. The summed E-state index contributed by atoms with van der Waals surface area (Å²) in [4.78, 5) is 0. The van der Waals surface area contributed by atoms with Crippen molar-refractivity contribution < 1.29 is 4.74 Å². The van der Waals surface area contributed by atoms with Crippen LogP contribution in [0, 0.1) is 0 Å². The number of benzene rings is 1. The molecule has 18 heavy (non-hydrogen) atoms. The molecule has 0 spiro atoms. The Hall–Kier alpha value is -1.36. The molecule has 2 aromatic rings. The van der Waals surface area contributed by atoms with E-state index < -0.39 is 0 Å². The summed E-state index contributed by atoms with van der Waals surface area (Å²) < 4.78 is 5.68. The number of rotatable bonds is 2. The van der Waals surface area contributed by atoms with Crippen molar-refractivity contribution in [3.05, 3.63) is 41.7 Å². The van der Waals surface area contributed by atoms with Crippen molar-refractivity contribution in [2.75, 3.05) is 13.2 Å². The van der Waals surface area contributed by atoms with Crippen LogP contribution in [-0.4, -0.2) is 23.3 Å². The Labute approximate surface area is 112 Å². The molecule has 96 valence electrons. The van der Waals surface area contributed by atoms with Crippen molar-refractivity contribution in [3.63, 3.8) is 0 Å². The van der Waals surface area contributed by atoms with E-state index in [9.17, 15) is 0 Å². The number of halogens is 1. The molecule has 1 atom stereocenters. The molecule has 1 aliphatic heterocycles. The smallest absolute Gasteiger partial charge is 0.0950 e. The van der Waals surface area contributed by atoms with Gasteiger partial charge in [-0.1, -0.05) is 18.2 Å². The topological polar surface area (TPSA) is 63.9 Å². The second kappa shape index (κ2) is 5.52. The van der Waals surface area contributed by atoms with Gasteiger partial charge in [0.15, 0.2) is 0 Å². The van der Waals surface area contributed by atoms with Crippen molar-refractivity contribution in [1.29, 1.82) is 0 Å². The summed E-state index contributed by atoms with van der Waals surface area (Å²) in [6.07, 6.45) is 4.74. The molecular formula is C13H16ClN3O. The Balaban J connectivity index is 0.00000120. The fourth-order valence-electron chi connectivity index (χ4n) is 2.44. The van der Waals surface area contributed by atoms with Gasteiger partial charge in [0.25, 0.3) is 0 Å². The van der Waals surface area contributed by atoms with E-state index in [1.807, 2.05) is 12.4 Å². The van der Waals surface area contributed by atoms with Gasteiger partial charge in [0, 0.05) is 18.3 Å². The van der Waals surface area contributed by atoms with Gasteiger partial charge < -0.3 is 10.5 Å². The van der Waals surface area contributed by atoms with Crippen LogP contribution in [0.25, 0.3) is 11.1 Å². The summed E-state index contributed by atoms with van der Waals surface area (Å²) in [5.41, 5.74) is 10.7. The summed E-state index contributed by atoms with van der Waals surface area (Å²) in [5.74, 6) is 0. The molecular weight excluding hydrogens is 250 g/mol. The van der Waals surface area contributed by atoms with Gasteiger partial charge in [-0.15, -0.1) is 12.4 Å². The van der Waals surface area contributed by atoms with Gasteiger partial charge >= 0.3 is 0 Å². The molecule has 0 saturated carbocycles. The van der Waals surface area contributed by atoms with Crippen LogP contribution in [0.5, 0.6) is 0 Å². The van der Waals surface area contributed by atoms with Crippen molar-refractivity contribution in [3.8, 4) is 11.1 Å². The van der Waals surface area contributed by atoms with E-state index in [1.165, 1.54) is 16.7 Å². The zero-order valence-corrected chi connectivity index (χ0v) is 10.7. The largest absolute Gasteiger partial charge is 0.372 e. The van der Waals surface area contributed by atoms with Crippen LogP contribution in [0.2, 0.25) is 0 Å². The van der Waals surface area contributed by atoms with E-state index >= 15 is 0 Å². The van der Waals surface area contributed by atoms with Crippen molar-refractivity contribution in [2.45, 2.75) is 12.5 Å². The van der Waals surface area contributed by atoms with Gasteiger partial charge in [0.2, 0.25) is 0 Å². The fourth-order valence-corrected chi connectivity index (χ4v) is 2.44. The van der Waals surface area contributed by atoms with Crippen LogP contribution in [0.4, 0.5) is 0 Å². The molecule has 1 aromatic carbocycles. The highest BCUT2D eigenvalue weighted by Gasteiger charge is 2.22. The number of fused-ring (bicyclic) bond motifs is 1. The van der Waals surface area contributed by atoms with Gasteiger partial charge in [-0.05, 0) is 23.1 Å². The Morgan fingerprint density at radius 1 is 1.44 bits per heavy atom. The maximum atomic E-state index is 5.74. The van der Waals surface area contributed by atoms with Crippen molar-refractivity contribution >= 4 is 12.4 Å². The van der Waals surface area contributed by atoms with Gasteiger partial charge in [-0.3, -0.25) is 5.10 Å². The van der Waals surface area contributed by atoms with E-state index in [2.05, 4.69) is 28.4 Å². The van der Waals surface area contributed by atoms with E-state index in [1.54, 1.807) is 0 Å². The number of hydrogen-bond acceptors (Lipinski definition) is 3. The normalized spacial score (nSPS) is 17.9. The van der Waals surface area contributed by atoms with Crippen molar-refractivity contribution in [2.24, 2.45) is 5.73 Å². The lowest BCUT2D eigenvalue weighted by Gasteiger charge is -2.26. The first kappa shape index (κ1) is 13.1. The standard InChI is InChI=1S/C13H15N3O.ClH/c14-6-13-12-3-1-2-10(9-7-15-16-8-9)11(12)4-5-17-13;/h1-3,7-8,13H,4-6,14H2,(H,15,16);1H. The Bertz CT molecular complexity index is 513. The molecule has 2 heterocycles. The van der Waals surface area contributed by atoms with Crippen LogP contribution in [0.15, 0.2) is 30.6 Å². The molecule has 0 fully saturated rings. The number of hydrogen-bond donors (Lipinski definition) is 2. The first-order valence-corrected chi connectivity index (χ1v) is 5.82. The van der Waals surface area contributed by atoms with Crippen LogP contribution >= 0.6 is 12.4 Å². The quantitative estimate of drug-likeness (QED) is 0.874. The number of H-pyrrole nitrogens is 1. The van der Waals surface area contributed by atoms with Crippen LogP contribution in [0.3, 0.4) is 0 Å². The highest BCUT2D eigenvalue weighted by molar-refractivity contribution is 5.85. The monoisotopic (exact) mass is 265 g/mol. The fraction of sp³-hybridized carbons (Fsp3) is 0.308. The SMILES string of the molecule is Cl.NCC1OCCc2c(-c3cn[nH]c3)cccc21. The van der Waals surface area contributed by atoms with Gasteiger partial charge in [-0.2, -0.15) is 5.10 Å². The van der Waals surface area contributed by atoms with E-state index in [4.69, 9.17) is 10.5 Å². The predicted molar refractivity (Wildman–Crippen MR) is 72.7 cm³/mol. The molecule has 3 N–H and O–H groups in total. The number of nitrogens with one attached hydrogen (secondary N) is 1. The minimum Gasteiger partial charge on any atom is -0.372 e. The summed E-state index contributed by atoms with van der Waals surface area (Å²) in [5, 5.41) is 6.86. The first-order chi connectivity index (χ1) is 8.40. The first-order valence-electron chi connectivity index (χ1n) is 5.82. The summed E-state index contributed by atoms with van der Waals surface area (Å²) in [6, 6.07) is 6.29. The molecule has 1 aliphatic rings. The molecule has 4 nitrogen and oxygen atoms in total. The van der Waals surface area contributed by atoms with Crippen LogP contribution in [-0.2, 0) is 11.2 Å². The van der Waals surface area contributed by atoms with E-state index in [0.29, 0.717) is 6.54 Å². The average molecular weight is 266 g/mol. The average Bonchev–Trinajstić information content (AvgIpc) is 2.91. The molecule has 0 aliphatic carbocycles. The summed E-state index contributed by atoms with van der Waals surface area (Å²) in [7, 11) is 0. The van der Waals surface area contributed by atoms with Gasteiger partial charge in [0.1, 0.15) is 0 Å². The molecule has 3 rings (SSSR count). The lowest BCUT2D eigenvalue weighted by molar-refractivity contribution is 0.0486. The number of nitrogens with two attached hydrogens (primary N) is 1. The Kier molecular flexibility index (Phi) is 4.01. The molecule has 1 aromatic heterocycles. The molecule has 0 radical (unpaired) electrons. The number of aromatic amines is 1. The summed E-state index contributed by atoms with van der Waals surface area (Å²) >= 11 is 0. The Morgan fingerprint density at radius 3 is 3.06 bits per heavy atom. The second-order valence-corrected chi connectivity index (χ2v) is 4.21. The lowest BCUT2D eigenvalue weighted by Crippen LogP contribution is -2.23. The third-order valence-corrected chi connectivity index (χ3v) is 3.25. The minimum atomic E-state index is 0.